The molecular weight excluding hydrogens is 350 g/mol. The number of ether oxygens (including phenoxy) is 1. The maximum absolute atomic E-state index is 11.9. The van der Waals surface area contributed by atoms with Crippen molar-refractivity contribution in [2.75, 3.05) is 13.2 Å². The number of hydrogen-bond acceptors (Lipinski definition) is 5. The Morgan fingerprint density at radius 1 is 1.26 bits per heavy atom. The van der Waals surface area contributed by atoms with E-state index in [0.29, 0.717) is 19.3 Å². The number of aldehydes is 1. The topological polar surface area (TPSA) is 114 Å². The molecule has 1 heterocycles. The third-order valence-corrected chi connectivity index (χ3v) is 4.08. The van der Waals surface area contributed by atoms with Crippen molar-refractivity contribution in [2.24, 2.45) is 0 Å². The standard InChI is InChI=1S/C19H17N3O5/c23-11-14-9-15(22(25)26)5-6-18(14)27-12-19(24)20-8-7-13-10-21-17-4-2-1-3-16(13)17/h1-6,9-11,21H,7-8,12H2,(H,20,24). The first-order valence-corrected chi connectivity index (χ1v) is 8.26. The van der Waals surface area contributed by atoms with Crippen LogP contribution in [-0.2, 0) is 11.2 Å². The fourth-order valence-electron chi connectivity index (χ4n) is 2.74. The summed E-state index contributed by atoms with van der Waals surface area (Å²) < 4.78 is 5.31. The highest BCUT2D eigenvalue weighted by atomic mass is 16.6. The zero-order valence-electron chi connectivity index (χ0n) is 14.3. The van der Waals surface area contributed by atoms with E-state index in [1.807, 2.05) is 30.5 Å². The van der Waals surface area contributed by atoms with Crippen LogP contribution in [0.4, 0.5) is 5.69 Å². The van der Waals surface area contributed by atoms with Crippen LogP contribution in [-0.4, -0.2) is 35.3 Å². The van der Waals surface area contributed by atoms with Crippen LogP contribution in [0.3, 0.4) is 0 Å². The number of nitrogens with zero attached hydrogens (tertiary/aromatic N) is 1. The minimum Gasteiger partial charge on any atom is -0.483 e. The molecule has 0 saturated carbocycles. The number of para-hydroxylation sites is 1. The molecule has 0 saturated heterocycles. The molecule has 0 unspecified atom stereocenters. The molecule has 0 bridgehead atoms. The predicted octanol–water partition coefficient (Wildman–Crippen LogP) is 2.63. The van der Waals surface area contributed by atoms with E-state index in [9.17, 15) is 19.7 Å². The van der Waals surface area contributed by atoms with Crippen LogP contribution < -0.4 is 10.1 Å². The van der Waals surface area contributed by atoms with Crippen molar-refractivity contribution in [3.63, 3.8) is 0 Å². The quantitative estimate of drug-likeness (QED) is 0.361. The molecule has 0 spiro atoms. The summed E-state index contributed by atoms with van der Waals surface area (Å²) in [6.45, 7) is 0.150. The highest BCUT2D eigenvalue weighted by molar-refractivity contribution is 5.83. The molecule has 8 heteroatoms. The number of carbonyl (C=O) groups excluding carboxylic acids is 2. The van der Waals surface area contributed by atoms with Gasteiger partial charge < -0.3 is 15.0 Å². The fraction of sp³-hybridized carbons (Fsp3) is 0.158. The van der Waals surface area contributed by atoms with Crippen LogP contribution >= 0.6 is 0 Å². The van der Waals surface area contributed by atoms with Gasteiger partial charge in [0.25, 0.3) is 11.6 Å². The van der Waals surface area contributed by atoms with Gasteiger partial charge in [0, 0.05) is 35.8 Å². The Kier molecular flexibility index (Phi) is 5.46. The maximum Gasteiger partial charge on any atom is 0.270 e. The number of non-ortho nitro benzene ring substituents is 1. The lowest BCUT2D eigenvalue weighted by Gasteiger charge is -2.09. The Hall–Kier alpha value is -3.68. The molecule has 27 heavy (non-hydrogen) atoms. The lowest BCUT2D eigenvalue weighted by molar-refractivity contribution is -0.384. The van der Waals surface area contributed by atoms with Crippen molar-refractivity contribution in [3.8, 4) is 5.75 Å². The van der Waals surface area contributed by atoms with Crippen LogP contribution in [0.15, 0.2) is 48.7 Å². The van der Waals surface area contributed by atoms with Crippen LogP contribution in [0.5, 0.6) is 5.75 Å². The Bertz CT molecular complexity index is 996. The highest BCUT2D eigenvalue weighted by Crippen LogP contribution is 2.22. The van der Waals surface area contributed by atoms with Crippen molar-refractivity contribution in [1.29, 1.82) is 0 Å². The summed E-state index contributed by atoms with van der Waals surface area (Å²) in [6, 6.07) is 11.5. The van der Waals surface area contributed by atoms with E-state index in [0.717, 1.165) is 22.5 Å². The molecule has 0 aliphatic carbocycles. The second-order valence-electron chi connectivity index (χ2n) is 5.85. The second-order valence-corrected chi connectivity index (χ2v) is 5.85. The lowest BCUT2D eigenvalue weighted by atomic mass is 10.1. The van der Waals surface area contributed by atoms with Gasteiger partial charge in [-0.15, -0.1) is 0 Å². The molecule has 2 N–H and O–H groups in total. The number of hydrogen-bond donors (Lipinski definition) is 2. The molecule has 1 aromatic heterocycles. The summed E-state index contributed by atoms with van der Waals surface area (Å²) in [5, 5.41) is 14.6. The number of carbonyl (C=O) groups is 2. The Morgan fingerprint density at radius 2 is 2.07 bits per heavy atom. The number of nitro benzene ring substituents is 1. The van der Waals surface area contributed by atoms with Gasteiger partial charge in [-0.3, -0.25) is 19.7 Å². The zero-order valence-corrected chi connectivity index (χ0v) is 14.3. The van der Waals surface area contributed by atoms with Gasteiger partial charge in [-0.2, -0.15) is 0 Å². The van der Waals surface area contributed by atoms with Gasteiger partial charge in [-0.1, -0.05) is 18.2 Å². The van der Waals surface area contributed by atoms with Crippen LogP contribution in [0.2, 0.25) is 0 Å². The first-order valence-electron chi connectivity index (χ1n) is 8.26. The number of aromatic amines is 1. The Morgan fingerprint density at radius 3 is 2.85 bits per heavy atom. The Labute approximate surface area is 154 Å². The van der Waals surface area contributed by atoms with Crippen molar-refractivity contribution in [3.05, 3.63) is 69.9 Å². The third kappa shape index (κ3) is 4.30. The van der Waals surface area contributed by atoms with E-state index in [4.69, 9.17) is 4.74 Å². The van der Waals surface area contributed by atoms with E-state index in [1.165, 1.54) is 12.1 Å². The second kappa shape index (κ2) is 8.13. The van der Waals surface area contributed by atoms with Gasteiger partial charge in [0.15, 0.2) is 12.9 Å². The molecule has 1 amide bonds. The maximum atomic E-state index is 11.9. The minimum atomic E-state index is -0.603. The van der Waals surface area contributed by atoms with Crippen molar-refractivity contribution in [2.45, 2.75) is 6.42 Å². The smallest absolute Gasteiger partial charge is 0.270 e. The lowest BCUT2D eigenvalue weighted by Crippen LogP contribution is -2.30. The van der Waals surface area contributed by atoms with E-state index >= 15 is 0 Å². The summed E-state index contributed by atoms with van der Waals surface area (Å²) in [6.07, 6.45) is 3.03. The average molecular weight is 367 g/mol. The first-order chi connectivity index (χ1) is 13.1. The molecule has 8 nitrogen and oxygen atoms in total. The molecule has 0 fully saturated rings. The molecule has 138 valence electrons. The number of fused-ring (bicyclic) bond motifs is 1. The summed E-state index contributed by atoms with van der Waals surface area (Å²) in [5.41, 5.74) is 1.95. The summed E-state index contributed by atoms with van der Waals surface area (Å²) in [5.74, 6) is -0.215. The van der Waals surface area contributed by atoms with E-state index in [-0.39, 0.29) is 29.5 Å². The van der Waals surface area contributed by atoms with Crippen molar-refractivity contribution < 1.29 is 19.2 Å². The van der Waals surface area contributed by atoms with Crippen molar-refractivity contribution in [1.82, 2.24) is 10.3 Å². The number of benzene rings is 2. The van der Waals surface area contributed by atoms with Gasteiger partial charge in [-0.05, 0) is 24.1 Å². The van der Waals surface area contributed by atoms with Gasteiger partial charge in [-0.25, -0.2) is 0 Å². The monoisotopic (exact) mass is 367 g/mol. The SMILES string of the molecule is O=Cc1cc([N+](=O)[O-])ccc1OCC(=O)NCCc1c[nH]c2ccccc12. The number of rotatable bonds is 8. The van der Waals surface area contributed by atoms with E-state index in [2.05, 4.69) is 10.3 Å². The average Bonchev–Trinajstić information content (AvgIpc) is 3.09. The summed E-state index contributed by atoms with van der Waals surface area (Å²) in [4.78, 5) is 36.3. The fourth-order valence-corrected chi connectivity index (χ4v) is 2.74. The normalized spacial score (nSPS) is 10.5. The van der Waals surface area contributed by atoms with Crippen LogP contribution in [0.25, 0.3) is 10.9 Å². The number of aromatic nitrogens is 1. The van der Waals surface area contributed by atoms with E-state index in [1.54, 1.807) is 0 Å². The molecule has 3 aromatic rings. The molecular formula is C19H17N3O5. The van der Waals surface area contributed by atoms with Crippen molar-refractivity contribution >= 4 is 28.8 Å². The minimum absolute atomic E-state index is 0.0239. The summed E-state index contributed by atoms with van der Waals surface area (Å²) >= 11 is 0. The Balaban J connectivity index is 1.51. The third-order valence-electron chi connectivity index (χ3n) is 4.08. The molecule has 0 radical (unpaired) electrons. The number of nitrogens with one attached hydrogen (secondary N) is 2. The van der Waals surface area contributed by atoms with Gasteiger partial charge >= 0.3 is 0 Å². The number of H-pyrrole nitrogens is 1. The molecule has 0 atom stereocenters. The molecule has 3 rings (SSSR count). The zero-order chi connectivity index (χ0) is 19.2. The summed E-state index contributed by atoms with van der Waals surface area (Å²) in [7, 11) is 0. The number of amides is 1. The highest BCUT2D eigenvalue weighted by Gasteiger charge is 2.12. The van der Waals surface area contributed by atoms with Gasteiger partial charge in [0.1, 0.15) is 5.75 Å². The van der Waals surface area contributed by atoms with Crippen LogP contribution in [0.1, 0.15) is 15.9 Å². The predicted molar refractivity (Wildman–Crippen MR) is 99.0 cm³/mol. The first kappa shape index (κ1) is 18.1. The molecule has 2 aromatic carbocycles. The molecule has 0 aliphatic rings. The van der Waals surface area contributed by atoms with E-state index < -0.39 is 4.92 Å². The largest absolute Gasteiger partial charge is 0.483 e. The molecule has 0 aliphatic heterocycles. The van der Waals surface area contributed by atoms with Gasteiger partial charge in [0.2, 0.25) is 0 Å². The van der Waals surface area contributed by atoms with Gasteiger partial charge in [0.05, 0.1) is 10.5 Å². The number of nitro groups is 1. The van der Waals surface area contributed by atoms with Crippen LogP contribution in [0, 0.1) is 10.1 Å².